The second-order valence-electron chi connectivity index (χ2n) is 5.36. The molecule has 0 amide bonds. The van der Waals surface area contributed by atoms with Crippen LogP contribution in [-0.2, 0) is 10.0 Å². The molecule has 20 heavy (non-hydrogen) atoms. The summed E-state index contributed by atoms with van der Waals surface area (Å²) in [6, 6.07) is 21.3. The van der Waals surface area contributed by atoms with Crippen molar-refractivity contribution < 1.29 is 4.43 Å². The first-order valence-electron chi connectivity index (χ1n) is 7.42. The molecular formula is C18H24OSi. The van der Waals surface area contributed by atoms with Gasteiger partial charge in [0.25, 0.3) is 0 Å². The summed E-state index contributed by atoms with van der Waals surface area (Å²) in [7, 11) is 0.721. The van der Waals surface area contributed by atoms with Gasteiger partial charge in [-0.1, -0.05) is 80.9 Å². The second-order valence-corrected chi connectivity index (χ2v) is 5.77. The van der Waals surface area contributed by atoms with Crippen LogP contribution in [0.4, 0.5) is 0 Å². The Hall–Kier alpha value is -1.38. The molecule has 0 radical (unpaired) electrons. The van der Waals surface area contributed by atoms with Gasteiger partial charge in [-0.15, -0.1) is 0 Å². The first kappa shape index (κ1) is 15.0. The molecule has 0 aliphatic heterocycles. The fraction of sp³-hybridized carbons (Fsp3) is 0.333. The van der Waals surface area contributed by atoms with Crippen molar-refractivity contribution in [1.29, 1.82) is 0 Å². The van der Waals surface area contributed by atoms with Gasteiger partial charge < -0.3 is 4.43 Å². The summed E-state index contributed by atoms with van der Waals surface area (Å²) in [4.78, 5) is 0. The number of benzene rings is 2. The molecule has 0 saturated heterocycles. The van der Waals surface area contributed by atoms with Crippen LogP contribution in [0, 0.1) is 5.92 Å². The molecule has 2 aromatic carbocycles. The van der Waals surface area contributed by atoms with Gasteiger partial charge in [0.1, 0.15) is 16.1 Å². The highest BCUT2D eigenvalue weighted by atomic mass is 28.2. The predicted molar refractivity (Wildman–Crippen MR) is 88.8 cm³/mol. The first-order valence-corrected chi connectivity index (χ1v) is 8.23. The summed E-state index contributed by atoms with van der Waals surface area (Å²) in [6.45, 7) is 4.55. The Morgan fingerprint density at radius 2 is 1.40 bits per heavy atom. The van der Waals surface area contributed by atoms with E-state index in [-0.39, 0.29) is 5.60 Å². The molecule has 0 aromatic heterocycles. The summed E-state index contributed by atoms with van der Waals surface area (Å²) in [5.74, 6) is 0.454. The molecule has 2 heteroatoms. The number of hydrogen-bond acceptors (Lipinski definition) is 1. The Labute approximate surface area is 125 Å². The molecule has 0 fully saturated rings. The molecule has 0 heterocycles. The predicted octanol–water partition coefficient (Wildman–Crippen LogP) is 3.66. The van der Waals surface area contributed by atoms with E-state index in [1.807, 2.05) is 0 Å². The van der Waals surface area contributed by atoms with Crippen molar-refractivity contribution in [3.63, 3.8) is 0 Å². The molecule has 106 valence electrons. The summed E-state index contributed by atoms with van der Waals surface area (Å²) in [5.41, 5.74) is 2.23. The lowest BCUT2D eigenvalue weighted by molar-refractivity contribution is 0.0569. The molecule has 1 unspecified atom stereocenters. The lowest BCUT2D eigenvalue weighted by atomic mass is 9.75. The zero-order valence-corrected chi connectivity index (χ0v) is 14.7. The van der Waals surface area contributed by atoms with Crippen molar-refractivity contribution in [1.82, 2.24) is 0 Å². The maximum Gasteiger partial charge on any atom is 0.147 e. The molecule has 0 spiro atoms. The Balaban J connectivity index is 2.58. The molecule has 0 bridgehead atoms. The van der Waals surface area contributed by atoms with Crippen LogP contribution >= 0.6 is 0 Å². The molecule has 0 saturated carbocycles. The largest absolute Gasteiger partial charge is 0.414 e. The van der Waals surface area contributed by atoms with Crippen molar-refractivity contribution in [2.45, 2.75) is 32.3 Å². The van der Waals surface area contributed by atoms with Gasteiger partial charge in [0, 0.05) is 0 Å². The van der Waals surface area contributed by atoms with Gasteiger partial charge in [0.2, 0.25) is 0 Å². The standard InChI is InChI=1S/C18H24OSi/c1-3-10-15(2)18(19-20,16-11-6-4-7-12-16)17-13-8-5-9-14-17/h4-9,11-15H,3,10H2,1-2,20H3. The van der Waals surface area contributed by atoms with E-state index in [0.29, 0.717) is 5.92 Å². The van der Waals surface area contributed by atoms with Crippen LogP contribution in [0.5, 0.6) is 0 Å². The highest BCUT2D eigenvalue weighted by Gasteiger charge is 2.38. The fourth-order valence-corrected chi connectivity index (χ4v) is 4.05. The van der Waals surface area contributed by atoms with Crippen molar-refractivity contribution in [2.75, 3.05) is 0 Å². The lowest BCUT2D eigenvalue weighted by Crippen LogP contribution is -2.37. The lowest BCUT2D eigenvalue weighted by Gasteiger charge is -2.40. The normalized spacial score (nSPS) is 13.3. The Bertz CT molecular complexity index is 470. The van der Waals surface area contributed by atoms with E-state index >= 15 is 0 Å². The summed E-state index contributed by atoms with van der Waals surface area (Å²) < 4.78 is 6.26. The third-order valence-electron chi connectivity index (χ3n) is 4.14. The zero-order valence-electron chi connectivity index (χ0n) is 12.7. The van der Waals surface area contributed by atoms with Gasteiger partial charge in [0.15, 0.2) is 0 Å². The minimum absolute atomic E-state index is 0.301. The van der Waals surface area contributed by atoms with Crippen molar-refractivity contribution in [3.05, 3.63) is 71.8 Å². The van der Waals surface area contributed by atoms with E-state index < -0.39 is 0 Å². The Morgan fingerprint density at radius 1 is 0.950 bits per heavy atom. The van der Waals surface area contributed by atoms with Gasteiger partial charge in [-0.2, -0.15) is 0 Å². The van der Waals surface area contributed by atoms with E-state index in [0.717, 1.165) is 16.9 Å². The summed E-state index contributed by atoms with van der Waals surface area (Å²) >= 11 is 0. The third-order valence-corrected chi connectivity index (χ3v) is 4.79. The van der Waals surface area contributed by atoms with Crippen LogP contribution in [-0.4, -0.2) is 10.5 Å². The maximum atomic E-state index is 6.26. The SMILES string of the molecule is CCCC(C)C(O[SiH3])(c1ccccc1)c1ccccc1. The minimum atomic E-state index is -0.301. The van der Waals surface area contributed by atoms with Crippen LogP contribution < -0.4 is 0 Å². The number of rotatable bonds is 6. The molecule has 1 atom stereocenters. The van der Waals surface area contributed by atoms with Crippen LogP contribution in [0.2, 0.25) is 0 Å². The van der Waals surface area contributed by atoms with Crippen molar-refractivity contribution in [2.24, 2.45) is 5.92 Å². The highest BCUT2D eigenvalue weighted by Crippen LogP contribution is 2.41. The quantitative estimate of drug-likeness (QED) is 0.736. The third kappa shape index (κ3) is 2.72. The molecule has 1 nitrogen and oxygen atoms in total. The highest BCUT2D eigenvalue weighted by molar-refractivity contribution is 5.98. The monoisotopic (exact) mass is 284 g/mol. The topological polar surface area (TPSA) is 9.23 Å². The number of hydrogen-bond donors (Lipinski definition) is 0. The molecule has 2 aromatic rings. The summed E-state index contributed by atoms with van der Waals surface area (Å²) in [6.07, 6.45) is 2.33. The molecule has 0 aliphatic carbocycles. The van der Waals surface area contributed by atoms with E-state index in [1.54, 1.807) is 0 Å². The second kappa shape index (κ2) is 6.87. The smallest absolute Gasteiger partial charge is 0.147 e. The first-order chi connectivity index (χ1) is 9.75. The van der Waals surface area contributed by atoms with Gasteiger partial charge in [0.05, 0.1) is 0 Å². The van der Waals surface area contributed by atoms with Crippen LogP contribution in [0.3, 0.4) is 0 Å². The van der Waals surface area contributed by atoms with E-state index in [4.69, 9.17) is 4.43 Å². The maximum absolute atomic E-state index is 6.26. The van der Waals surface area contributed by atoms with Crippen molar-refractivity contribution >= 4 is 10.5 Å². The zero-order chi connectivity index (χ0) is 14.4. The molecule has 0 aliphatic rings. The van der Waals surface area contributed by atoms with Crippen LogP contribution in [0.25, 0.3) is 0 Å². The Kier molecular flexibility index (Phi) is 5.15. The minimum Gasteiger partial charge on any atom is -0.414 e. The van der Waals surface area contributed by atoms with E-state index in [2.05, 4.69) is 74.5 Å². The van der Waals surface area contributed by atoms with Crippen molar-refractivity contribution in [3.8, 4) is 0 Å². The van der Waals surface area contributed by atoms with Gasteiger partial charge >= 0.3 is 0 Å². The Morgan fingerprint density at radius 3 is 1.75 bits per heavy atom. The van der Waals surface area contributed by atoms with E-state index in [1.165, 1.54) is 17.5 Å². The molecule has 0 N–H and O–H groups in total. The average molecular weight is 284 g/mol. The van der Waals surface area contributed by atoms with Gasteiger partial charge in [-0.25, -0.2) is 0 Å². The van der Waals surface area contributed by atoms with Gasteiger partial charge in [-0.3, -0.25) is 0 Å². The van der Waals surface area contributed by atoms with Crippen LogP contribution in [0.1, 0.15) is 37.8 Å². The summed E-state index contributed by atoms with van der Waals surface area (Å²) in [5, 5.41) is 0. The molecule has 2 rings (SSSR count). The van der Waals surface area contributed by atoms with Crippen LogP contribution in [0.15, 0.2) is 60.7 Å². The fourth-order valence-electron chi connectivity index (χ4n) is 3.18. The average Bonchev–Trinajstić information content (AvgIpc) is 2.51. The van der Waals surface area contributed by atoms with Gasteiger partial charge in [-0.05, 0) is 23.5 Å². The van der Waals surface area contributed by atoms with E-state index in [9.17, 15) is 0 Å². The molecular weight excluding hydrogens is 260 g/mol.